The van der Waals surface area contributed by atoms with E-state index in [1.807, 2.05) is 0 Å². The van der Waals surface area contributed by atoms with E-state index in [0.29, 0.717) is 5.56 Å². The van der Waals surface area contributed by atoms with Gasteiger partial charge in [0, 0.05) is 6.42 Å². The molecule has 4 atom stereocenters. The van der Waals surface area contributed by atoms with Crippen LogP contribution in [0.15, 0.2) is 12.3 Å². The minimum absolute atomic E-state index is 0.0449. The highest BCUT2D eigenvalue weighted by molar-refractivity contribution is 5.81. The minimum Gasteiger partial charge on any atom is -0.394 e. The fourth-order valence-corrected chi connectivity index (χ4v) is 2.45. The predicted octanol–water partition coefficient (Wildman–Crippen LogP) is -2.18. The molecule has 1 saturated heterocycles. The number of ether oxygens (including phenoxy) is 1. The average molecular weight is 368 g/mol. The molecule has 142 valence electrons. The third-order valence-corrected chi connectivity index (χ3v) is 3.83. The van der Waals surface area contributed by atoms with Crippen LogP contribution in [-0.2, 0) is 9.53 Å². The number of nitrogens with two attached hydrogens (primary N) is 1. The highest BCUT2D eigenvalue weighted by atomic mass is 16.6. The summed E-state index contributed by atoms with van der Waals surface area (Å²) in [7, 11) is 0. The molecular weight excluding hydrogens is 348 g/mol. The molecule has 0 spiro atoms. The van der Waals surface area contributed by atoms with Crippen molar-refractivity contribution in [3.63, 3.8) is 0 Å². The van der Waals surface area contributed by atoms with Crippen LogP contribution in [0.1, 0.15) is 18.2 Å². The van der Waals surface area contributed by atoms with Crippen LogP contribution >= 0.6 is 0 Å². The number of nitro groups is 1. The van der Waals surface area contributed by atoms with E-state index in [0.717, 1.165) is 0 Å². The molecule has 1 aliphatic heterocycles. The van der Waals surface area contributed by atoms with E-state index in [9.17, 15) is 20.0 Å². The van der Waals surface area contributed by atoms with Crippen molar-refractivity contribution >= 4 is 11.7 Å². The molecule has 1 aromatic heterocycles. The number of carbonyl (C=O) groups excluding carboxylic acids is 1. The summed E-state index contributed by atoms with van der Waals surface area (Å²) < 4.78 is 6.66. The quantitative estimate of drug-likeness (QED) is 0.214. The number of hydrogen-bond donors (Lipinski definition) is 5. The zero-order valence-corrected chi connectivity index (χ0v) is 13.7. The lowest BCUT2D eigenvalue weighted by Crippen LogP contribution is -2.43. The van der Waals surface area contributed by atoms with E-state index >= 15 is 0 Å². The first kappa shape index (κ1) is 19.8. The first-order valence-corrected chi connectivity index (χ1v) is 7.81. The fraction of sp³-hybridized carbons (Fsp3) is 0.533. The van der Waals surface area contributed by atoms with Crippen molar-refractivity contribution in [1.29, 1.82) is 0 Å². The van der Waals surface area contributed by atoms with Gasteiger partial charge in [0.25, 0.3) is 0 Å². The van der Waals surface area contributed by atoms with Crippen LogP contribution in [-0.4, -0.2) is 68.7 Å². The molecule has 0 aliphatic carbocycles. The lowest BCUT2D eigenvalue weighted by atomic mass is 10.2. The van der Waals surface area contributed by atoms with Gasteiger partial charge in [-0.05, 0) is 4.92 Å². The van der Waals surface area contributed by atoms with Gasteiger partial charge in [-0.15, -0.1) is 0 Å². The van der Waals surface area contributed by atoms with Crippen LogP contribution in [0.4, 0.5) is 5.82 Å². The lowest BCUT2D eigenvalue weighted by molar-refractivity contribution is -0.393. The molecule has 0 saturated carbocycles. The van der Waals surface area contributed by atoms with Gasteiger partial charge in [0.1, 0.15) is 18.3 Å². The van der Waals surface area contributed by atoms with Gasteiger partial charge in [0.15, 0.2) is 0 Å². The van der Waals surface area contributed by atoms with Crippen molar-refractivity contribution in [2.24, 2.45) is 5.73 Å². The number of nitrogens with one attached hydrogen (secondary N) is 1. The summed E-state index contributed by atoms with van der Waals surface area (Å²) in [5.74, 6) is 4.47. The Balaban J connectivity index is 2.09. The first-order chi connectivity index (χ1) is 12.4. The first-order valence-electron chi connectivity index (χ1n) is 7.81. The standard InChI is InChI=1S/C15H20N4O7/c16-10(7-20)15(23)17-3-1-2-9-4-13(19(24)25)18(6-9)14-5-11(22)12(8-21)26-14/h4,6,10-12,14,20-22H,3,5,7-8,16H2,(H,17,23)/t10-,11-,12+,14+/m0/s1. The molecule has 0 radical (unpaired) electrons. The number of hydrogen-bond acceptors (Lipinski definition) is 8. The molecule has 0 unspecified atom stereocenters. The molecule has 11 nitrogen and oxygen atoms in total. The van der Waals surface area contributed by atoms with Crippen molar-refractivity contribution in [2.75, 3.05) is 19.8 Å². The Kier molecular flexibility index (Phi) is 6.67. The SMILES string of the molecule is N[C@@H](CO)C(=O)NCC#Cc1cc([N+](=O)[O-])n([C@H]2C[C@H](O)[C@@H](CO)O2)c1. The Morgan fingerprint density at radius 1 is 1.58 bits per heavy atom. The molecule has 1 aliphatic rings. The zero-order chi connectivity index (χ0) is 19.3. The second kappa shape index (κ2) is 8.75. The highest BCUT2D eigenvalue weighted by Gasteiger charge is 2.39. The Morgan fingerprint density at radius 2 is 2.31 bits per heavy atom. The second-order valence-electron chi connectivity index (χ2n) is 5.67. The van der Waals surface area contributed by atoms with Gasteiger partial charge in [0.2, 0.25) is 12.1 Å². The lowest BCUT2D eigenvalue weighted by Gasteiger charge is -2.10. The Hall–Kier alpha value is -2.49. The molecule has 1 fully saturated rings. The van der Waals surface area contributed by atoms with Crippen LogP contribution in [0.25, 0.3) is 0 Å². The summed E-state index contributed by atoms with van der Waals surface area (Å²) in [5.41, 5.74) is 5.65. The smallest absolute Gasteiger partial charge is 0.326 e. The molecule has 1 aromatic rings. The molecule has 1 amide bonds. The summed E-state index contributed by atoms with van der Waals surface area (Å²) in [6.07, 6.45) is -1.01. The minimum atomic E-state index is -1.04. The monoisotopic (exact) mass is 368 g/mol. The molecule has 26 heavy (non-hydrogen) atoms. The van der Waals surface area contributed by atoms with E-state index in [1.54, 1.807) is 0 Å². The zero-order valence-electron chi connectivity index (χ0n) is 13.7. The molecule has 6 N–H and O–H groups in total. The molecule has 2 rings (SSSR count). The Labute approximate surface area is 148 Å². The molecular formula is C15H20N4O7. The van der Waals surface area contributed by atoms with Crippen LogP contribution in [0.3, 0.4) is 0 Å². The van der Waals surface area contributed by atoms with Crippen molar-refractivity contribution in [2.45, 2.75) is 30.9 Å². The third-order valence-electron chi connectivity index (χ3n) is 3.83. The molecule has 0 aromatic carbocycles. The van der Waals surface area contributed by atoms with E-state index in [1.165, 1.54) is 16.8 Å². The van der Waals surface area contributed by atoms with Gasteiger partial charge < -0.3 is 41.2 Å². The number of nitrogens with zero attached hydrogens (tertiary/aromatic N) is 2. The van der Waals surface area contributed by atoms with Crippen LogP contribution < -0.4 is 11.1 Å². The van der Waals surface area contributed by atoms with E-state index < -0.39 is 48.5 Å². The normalized spacial score (nSPS) is 23.2. The van der Waals surface area contributed by atoms with Gasteiger partial charge in [-0.1, -0.05) is 11.8 Å². The van der Waals surface area contributed by atoms with Gasteiger partial charge in [-0.2, -0.15) is 0 Å². The van der Waals surface area contributed by atoms with E-state index in [-0.39, 0.29) is 18.8 Å². The topological polar surface area (TPSA) is 173 Å². The average Bonchev–Trinajstić information content (AvgIpc) is 3.21. The summed E-state index contributed by atoms with van der Waals surface area (Å²) in [5, 5.41) is 41.3. The third kappa shape index (κ3) is 4.57. The van der Waals surface area contributed by atoms with Crippen molar-refractivity contribution in [3.05, 3.63) is 27.9 Å². The summed E-state index contributed by atoms with van der Waals surface area (Å²) >= 11 is 0. The maximum Gasteiger partial charge on any atom is 0.326 e. The predicted molar refractivity (Wildman–Crippen MR) is 87.7 cm³/mol. The summed E-state index contributed by atoms with van der Waals surface area (Å²) in [6.45, 7) is -0.928. The van der Waals surface area contributed by atoms with Crippen molar-refractivity contribution in [3.8, 4) is 11.8 Å². The highest BCUT2D eigenvalue weighted by Crippen LogP contribution is 2.32. The second-order valence-corrected chi connectivity index (χ2v) is 5.67. The van der Waals surface area contributed by atoms with Gasteiger partial charge >= 0.3 is 5.82 Å². The number of amides is 1. The van der Waals surface area contributed by atoms with Gasteiger partial charge in [-0.25, -0.2) is 4.57 Å². The summed E-state index contributed by atoms with van der Waals surface area (Å²) in [6, 6.07) is 0.209. The maximum absolute atomic E-state index is 11.4. The van der Waals surface area contributed by atoms with E-state index in [2.05, 4.69) is 17.2 Å². The molecule has 11 heteroatoms. The van der Waals surface area contributed by atoms with Gasteiger partial charge in [0.05, 0.1) is 37.5 Å². The summed E-state index contributed by atoms with van der Waals surface area (Å²) in [4.78, 5) is 22.0. The number of aliphatic hydroxyl groups is 3. The Bertz CT molecular complexity index is 723. The molecule has 2 heterocycles. The van der Waals surface area contributed by atoms with Crippen molar-refractivity contribution in [1.82, 2.24) is 9.88 Å². The number of aromatic nitrogens is 1. The van der Waals surface area contributed by atoms with E-state index in [4.69, 9.17) is 20.7 Å². The van der Waals surface area contributed by atoms with Gasteiger partial charge in [-0.3, -0.25) is 4.79 Å². The molecule has 0 bridgehead atoms. The van der Waals surface area contributed by atoms with Crippen molar-refractivity contribution < 1.29 is 29.8 Å². The number of aliphatic hydroxyl groups excluding tert-OH is 3. The number of carbonyl (C=O) groups is 1. The fourth-order valence-electron chi connectivity index (χ4n) is 2.45. The largest absolute Gasteiger partial charge is 0.394 e. The number of rotatable bonds is 6. The van der Waals surface area contributed by atoms with Crippen LogP contribution in [0, 0.1) is 22.0 Å². The Morgan fingerprint density at radius 3 is 2.88 bits per heavy atom. The van der Waals surface area contributed by atoms with Crippen LogP contribution in [0.5, 0.6) is 0 Å². The maximum atomic E-state index is 11.4. The van der Waals surface area contributed by atoms with Crippen LogP contribution in [0.2, 0.25) is 0 Å².